The third-order valence-electron chi connectivity index (χ3n) is 6.92. The van der Waals surface area contributed by atoms with Gasteiger partial charge < -0.3 is 13.9 Å². The topological polar surface area (TPSA) is 72.9 Å². The molecule has 0 spiro atoms. The van der Waals surface area contributed by atoms with E-state index in [-0.39, 0.29) is 0 Å². The molecule has 1 aliphatic heterocycles. The van der Waals surface area contributed by atoms with Gasteiger partial charge in [-0.15, -0.1) is 21.5 Å². The van der Waals surface area contributed by atoms with Gasteiger partial charge in [-0.05, 0) is 56.8 Å². The first-order valence-corrected chi connectivity index (χ1v) is 12.9. The fourth-order valence-electron chi connectivity index (χ4n) is 5.16. The van der Waals surface area contributed by atoms with Crippen LogP contribution in [0.2, 0.25) is 0 Å². The molecule has 0 bridgehead atoms. The van der Waals surface area contributed by atoms with Crippen molar-refractivity contribution in [3.63, 3.8) is 0 Å². The molecule has 0 amide bonds. The fourth-order valence-corrected chi connectivity index (χ4v) is 6.81. The maximum absolute atomic E-state index is 5.47. The van der Waals surface area contributed by atoms with Gasteiger partial charge in [0.25, 0.3) is 0 Å². The second-order valence-corrected chi connectivity index (χ2v) is 11.3. The van der Waals surface area contributed by atoms with Gasteiger partial charge in [0, 0.05) is 31.3 Å². The Bertz CT molecular complexity index is 1290. The monoisotopic (exact) mass is 466 g/mol. The molecule has 0 unspecified atom stereocenters. The van der Waals surface area contributed by atoms with Crippen molar-refractivity contribution in [1.82, 2.24) is 29.6 Å². The van der Waals surface area contributed by atoms with E-state index in [2.05, 4.69) is 45.2 Å². The number of aromatic nitrogens is 5. The van der Waals surface area contributed by atoms with Crippen LogP contribution in [0.25, 0.3) is 21.8 Å². The molecule has 1 aliphatic carbocycles. The summed E-state index contributed by atoms with van der Waals surface area (Å²) in [6.45, 7) is 7.54. The zero-order valence-electron chi connectivity index (χ0n) is 18.5. The van der Waals surface area contributed by atoms with Crippen molar-refractivity contribution in [2.45, 2.75) is 37.3 Å². The molecule has 1 saturated carbocycles. The number of thioether (sulfide) groups is 1. The molecule has 0 radical (unpaired) electrons. The number of piperidine rings is 1. The van der Waals surface area contributed by atoms with Crippen molar-refractivity contribution in [3.05, 3.63) is 40.9 Å². The highest BCUT2D eigenvalue weighted by atomic mass is 32.2. The minimum atomic E-state index is 0.367. The number of thiazole rings is 1. The number of rotatable bonds is 7. The zero-order valence-corrected chi connectivity index (χ0v) is 20.2. The summed E-state index contributed by atoms with van der Waals surface area (Å²) in [5.74, 6) is 3.26. The Morgan fingerprint density at radius 2 is 2.19 bits per heavy atom. The number of oxazole rings is 1. The van der Waals surface area contributed by atoms with Crippen molar-refractivity contribution in [1.29, 1.82) is 0 Å². The van der Waals surface area contributed by atoms with Crippen LogP contribution in [0.4, 0.5) is 0 Å². The minimum Gasteiger partial charge on any atom is -0.440 e. The molecule has 2 atom stereocenters. The maximum atomic E-state index is 5.47. The Morgan fingerprint density at radius 3 is 3.03 bits per heavy atom. The predicted molar refractivity (Wildman–Crippen MR) is 127 cm³/mol. The van der Waals surface area contributed by atoms with E-state index in [4.69, 9.17) is 9.40 Å². The molecule has 3 aromatic heterocycles. The van der Waals surface area contributed by atoms with Crippen molar-refractivity contribution in [3.8, 4) is 11.6 Å². The first kappa shape index (κ1) is 20.4. The van der Waals surface area contributed by atoms with E-state index in [1.807, 2.05) is 18.5 Å². The van der Waals surface area contributed by atoms with Gasteiger partial charge in [-0.1, -0.05) is 17.8 Å². The maximum Gasteiger partial charge on any atom is 0.202 e. The van der Waals surface area contributed by atoms with Crippen LogP contribution >= 0.6 is 23.1 Å². The first-order valence-electron chi connectivity index (χ1n) is 11.1. The lowest BCUT2D eigenvalue weighted by Crippen LogP contribution is -2.27. The summed E-state index contributed by atoms with van der Waals surface area (Å²) in [5, 5.41) is 10.7. The Balaban J connectivity index is 1.04. The second kappa shape index (κ2) is 7.67. The molecular formula is C23H26N6OS2. The van der Waals surface area contributed by atoms with Crippen molar-refractivity contribution < 1.29 is 4.42 Å². The summed E-state index contributed by atoms with van der Waals surface area (Å²) in [7, 11) is 1.98. The van der Waals surface area contributed by atoms with Crippen molar-refractivity contribution >= 4 is 33.3 Å². The van der Waals surface area contributed by atoms with E-state index < -0.39 is 0 Å². The average molecular weight is 467 g/mol. The van der Waals surface area contributed by atoms with Crippen molar-refractivity contribution in [2.24, 2.45) is 13.0 Å². The van der Waals surface area contributed by atoms with Crippen LogP contribution in [-0.2, 0) is 12.5 Å². The van der Waals surface area contributed by atoms with Gasteiger partial charge in [0.05, 0.1) is 20.9 Å². The van der Waals surface area contributed by atoms with E-state index in [0.717, 1.165) is 46.3 Å². The third-order valence-corrected chi connectivity index (χ3v) is 8.98. The molecule has 0 N–H and O–H groups in total. The molecule has 166 valence electrons. The number of benzene rings is 1. The molecule has 1 aromatic carbocycles. The smallest absolute Gasteiger partial charge is 0.202 e. The Hall–Kier alpha value is -2.23. The summed E-state index contributed by atoms with van der Waals surface area (Å²) in [6.07, 6.45) is 3.92. The molecule has 4 heterocycles. The van der Waals surface area contributed by atoms with Crippen LogP contribution in [0.5, 0.6) is 0 Å². The molecular weight excluding hydrogens is 440 g/mol. The van der Waals surface area contributed by atoms with E-state index in [9.17, 15) is 0 Å². The summed E-state index contributed by atoms with van der Waals surface area (Å²) >= 11 is 3.55. The quantitative estimate of drug-likeness (QED) is 0.294. The van der Waals surface area contributed by atoms with Gasteiger partial charge in [0.15, 0.2) is 17.3 Å². The largest absolute Gasteiger partial charge is 0.440 e. The minimum absolute atomic E-state index is 0.367. The van der Waals surface area contributed by atoms with Crippen LogP contribution in [0, 0.1) is 19.8 Å². The molecule has 32 heavy (non-hydrogen) atoms. The molecule has 4 aromatic rings. The van der Waals surface area contributed by atoms with Crippen LogP contribution in [0.1, 0.15) is 29.1 Å². The van der Waals surface area contributed by atoms with Gasteiger partial charge >= 0.3 is 0 Å². The molecule has 9 heteroatoms. The van der Waals surface area contributed by atoms with Gasteiger partial charge in [0.2, 0.25) is 5.82 Å². The van der Waals surface area contributed by atoms with E-state index in [1.165, 1.54) is 41.7 Å². The summed E-state index contributed by atoms with van der Waals surface area (Å²) < 4.78 is 8.77. The molecule has 1 saturated heterocycles. The number of likely N-dealkylation sites (tertiary alicyclic amines) is 1. The van der Waals surface area contributed by atoms with Crippen LogP contribution in [-0.4, -0.2) is 55.0 Å². The highest BCUT2D eigenvalue weighted by Gasteiger charge is 2.60. The average Bonchev–Trinajstić information content (AvgIpc) is 3.20. The molecule has 2 fully saturated rings. The van der Waals surface area contributed by atoms with Gasteiger partial charge in [-0.25, -0.2) is 9.97 Å². The number of aryl methyl sites for hydroxylation is 2. The van der Waals surface area contributed by atoms with Crippen molar-refractivity contribution in [2.75, 3.05) is 25.4 Å². The van der Waals surface area contributed by atoms with Crippen LogP contribution in [0.15, 0.2) is 34.2 Å². The lowest BCUT2D eigenvalue weighted by molar-refractivity contribution is 0.299. The predicted octanol–water partition coefficient (Wildman–Crippen LogP) is 4.45. The van der Waals surface area contributed by atoms with Crippen LogP contribution in [0.3, 0.4) is 0 Å². The van der Waals surface area contributed by atoms with E-state index in [0.29, 0.717) is 11.2 Å². The molecule has 7 nitrogen and oxygen atoms in total. The summed E-state index contributed by atoms with van der Waals surface area (Å²) in [4.78, 5) is 11.5. The standard InChI is InChI=1S/C23H26N6OS2/c1-14-20(30-13-24-14)21-26-27-22(28(21)3)31-8-4-7-29-11-17-10-23(17,12-29)16-5-6-19-18(9-16)25-15(2)32-19/h5-6,9,13,17H,4,7-8,10-12H2,1-3H3/t17-,23+/m0/s1. The SMILES string of the molecule is Cc1nc2cc([C@]34C[C@H]3CN(CCCSc3nnc(-c5ocnc5C)n3C)C4)ccc2s1. The summed E-state index contributed by atoms with van der Waals surface area (Å²) in [6, 6.07) is 6.97. The Morgan fingerprint density at radius 1 is 1.28 bits per heavy atom. The van der Waals surface area contributed by atoms with Gasteiger partial charge in [0.1, 0.15) is 0 Å². The third kappa shape index (κ3) is 3.38. The highest BCUT2D eigenvalue weighted by molar-refractivity contribution is 7.99. The van der Waals surface area contributed by atoms with Gasteiger partial charge in [-0.2, -0.15) is 0 Å². The number of hydrogen-bond donors (Lipinski definition) is 0. The Labute approximate surface area is 195 Å². The van der Waals surface area contributed by atoms with Crippen LogP contribution < -0.4 is 0 Å². The zero-order chi connectivity index (χ0) is 21.9. The summed E-state index contributed by atoms with van der Waals surface area (Å²) in [5.41, 5.74) is 3.87. The van der Waals surface area contributed by atoms with E-state index >= 15 is 0 Å². The number of fused-ring (bicyclic) bond motifs is 2. The normalized spacial score (nSPS) is 22.7. The fraction of sp³-hybridized carbons (Fsp3) is 0.478. The second-order valence-electron chi connectivity index (χ2n) is 9.04. The highest BCUT2D eigenvalue weighted by Crippen LogP contribution is 2.59. The molecule has 2 aliphatic rings. The lowest BCUT2D eigenvalue weighted by Gasteiger charge is -2.21. The lowest BCUT2D eigenvalue weighted by atomic mass is 9.95. The van der Waals surface area contributed by atoms with E-state index in [1.54, 1.807) is 23.1 Å². The number of nitrogens with zero attached hydrogens (tertiary/aromatic N) is 6. The number of hydrogen-bond acceptors (Lipinski definition) is 8. The first-order chi connectivity index (χ1) is 15.5. The molecule has 6 rings (SSSR count). The Kier molecular flexibility index (Phi) is 4.89. The van der Waals surface area contributed by atoms with Gasteiger partial charge in [-0.3, -0.25) is 0 Å².